The van der Waals surface area contributed by atoms with Gasteiger partial charge in [0.1, 0.15) is 0 Å². The lowest BCUT2D eigenvalue weighted by molar-refractivity contribution is -0.129. The summed E-state index contributed by atoms with van der Waals surface area (Å²) < 4.78 is 0. The topological polar surface area (TPSA) is 41.1 Å². The Labute approximate surface area is 109 Å². The van der Waals surface area contributed by atoms with Gasteiger partial charge in [0.25, 0.3) is 0 Å². The van der Waals surface area contributed by atoms with E-state index in [9.17, 15) is 4.79 Å². The number of hydrogen-bond donors (Lipinski definition) is 2. The predicted molar refractivity (Wildman–Crippen MR) is 73.3 cm³/mol. The Hall–Kier alpha value is -1.35. The first-order chi connectivity index (χ1) is 8.60. The van der Waals surface area contributed by atoms with Crippen molar-refractivity contribution in [2.75, 3.05) is 13.1 Å². The van der Waals surface area contributed by atoms with E-state index in [1.807, 2.05) is 25.1 Å². The van der Waals surface area contributed by atoms with Gasteiger partial charge < -0.3 is 10.6 Å². The van der Waals surface area contributed by atoms with Gasteiger partial charge in [0.15, 0.2) is 0 Å². The molecule has 1 aliphatic heterocycles. The van der Waals surface area contributed by atoms with Gasteiger partial charge in [-0.3, -0.25) is 4.79 Å². The van der Waals surface area contributed by atoms with Crippen molar-refractivity contribution in [3.63, 3.8) is 0 Å². The van der Waals surface area contributed by atoms with Gasteiger partial charge >= 0.3 is 0 Å². The molecule has 18 heavy (non-hydrogen) atoms. The summed E-state index contributed by atoms with van der Waals surface area (Å²) in [5, 5.41) is 6.39. The van der Waals surface area contributed by atoms with Crippen LogP contribution in [0.3, 0.4) is 0 Å². The van der Waals surface area contributed by atoms with Crippen LogP contribution in [0.5, 0.6) is 0 Å². The fraction of sp³-hybridized carbons (Fsp3) is 0.533. The van der Waals surface area contributed by atoms with E-state index in [0.29, 0.717) is 0 Å². The van der Waals surface area contributed by atoms with Gasteiger partial charge in [-0.2, -0.15) is 0 Å². The molecule has 2 unspecified atom stereocenters. The summed E-state index contributed by atoms with van der Waals surface area (Å²) in [6.07, 6.45) is 1.81. The molecule has 0 aromatic heterocycles. The Morgan fingerprint density at radius 1 is 1.44 bits per heavy atom. The summed E-state index contributed by atoms with van der Waals surface area (Å²) in [4.78, 5) is 12.2. The molecular weight excluding hydrogens is 224 g/mol. The van der Waals surface area contributed by atoms with Gasteiger partial charge in [-0.1, -0.05) is 30.3 Å². The molecule has 3 nitrogen and oxygen atoms in total. The first-order valence-electron chi connectivity index (χ1n) is 6.66. The summed E-state index contributed by atoms with van der Waals surface area (Å²) in [6.45, 7) is 5.84. The summed E-state index contributed by atoms with van der Waals surface area (Å²) in [6, 6.07) is 10.5. The van der Waals surface area contributed by atoms with E-state index in [1.54, 1.807) is 0 Å². The molecule has 1 saturated heterocycles. The predicted octanol–water partition coefficient (Wildman–Crippen LogP) is 1.73. The molecule has 1 fully saturated rings. The highest BCUT2D eigenvalue weighted by Gasteiger charge is 2.36. The number of rotatable bonds is 4. The smallest absolute Gasteiger partial charge is 0.227 e. The Balaban J connectivity index is 1.87. The molecule has 1 aromatic rings. The highest BCUT2D eigenvalue weighted by Crippen LogP contribution is 2.24. The summed E-state index contributed by atoms with van der Waals surface area (Å²) in [7, 11) is 0. The third kappa shape index (κ3) is 3.10. The molecule has 98 valence electrons. The van der Waals surface area contributed by atoms with Gasteiger partial charge in [-0.05, 0) is 38.8 Å². The van der Waals surface area contributed by atoms with Crippen LogP contribution in [0, 0.1) is 5.41 Å². The van der Waals surface area contributed by atoms with Crippen molar-refractivity contribution in [3.05, 3.63) is 35.9 Å². The maximum absolute atomic E-state index is 12.2. The molecule has 2 N–H and O–H groups in total. The van der Waals surface area contributed by atoms with Gasteiger partial charge in [0.2, 0.25) is 5.91 Å². The average Bonchev–Trinajstić information content (AvgIpc) is 2.78. The SMILES string of the molecule is CC(Cc1ccccc1)NC(=O)C1(C)CCNC1. The molecule has 2 rings (SSSR count). The lowest BCUT2D eigenvalue weighted by Crippen LogP contribution is -2.44. The molecule has 0 aliphatic carbocycles. The van der Waals surface area contributed by atoms with Crippen LogP contribution < -0.4 is 10.6 Å². The van der Waals surface area contributed by atoms with Crippen LogP contribution in [0.2, 0.25) is 0 Å². The van der Waals surface area contributed by atoms with E-state index in [0.717, 1.165) is 25.9 Å². The normalized spacial score (nSPS) is 24.8. The first kappa shape index (κ1) is 13.1. The molecule has 1 aliphatic rings. The quantitative estimate of drug-likeness (QED) is 0.849. The minimum absolute atomic E-state index is 0.177. The van der Waals surface area contributed by atoms with Crippen LogP contribution in [0.1, 0.15) is 25.8 Å². The van der Waals surface area contributed by atoms with E-state index in [1.165, 1.54) is 5.56 Å². The van der Waals surface area contributed by atoms with Crippen molar-refractivity contribution in [2.45, 2.75) is 32.7 Å². The first-order valence-corrected chi connectivity index (χ1v) is 6.66. The monoisotopic (exact) mass is 246 g/mol. The number of carbonyl (C=O) groups excluding carboxylic acids is 1. The molecule has 0 saturated carbocycles. The number of amides is 1. The average molecular weight is 246 g/mol. The van der Waals surface area contributed by atoms with Crippen molar-refractivity contribution in [2.24, 2.45) is 5.41 Å². The van der Waals surface area contributed by atoms with Crippen LogP contribution in [-0.4, -0.2) is 25.0 Å². The standard InChI is InChI=1S/C15H22N2O/c1-12(10-13-6-4-3-5-7-13)17-14(18)15(2)8-9-16-11-15/h3-7,12,16H,8-11H2,1-2H3,(H,17,18). The lowest BCUT2D eigenvalue weighted by Gasteiger charge is -2.24. The highest BCUT2D eigenvalue weighted by atomic mass is 16.2. The maximum atomic E-state index is 12.2. The van der Waals surface area contributed by atoms with Crippen molar-refractivity contribution >= 4 is 5.91 Å². The Morgan fingerprint density at radius 3 is 2.78 bits per heavy atom. The van der Waals surface area contributed by atoms with E-state index in [-0.39, 0.29) is 17.4 Å². The van der Waals surface area contributed by atoms with Gasteiger partial charge in [-0.25, -0.2) is 0 Å². The second-order valence-corrected chi connectivity index (χ2v) is 5.55. The number of hydrogen-bond acceptors (Lipinski definition) is 2. The fourth-order valence-electron chi connectivity index (χ4n) is 2.43. The highest BCUT2D eigenvalue weighted by molar-refractivity contribution is 5.83. The minimum Gasteiger partial charge on any atom is -0.353 e. The Bertz CT molecular complexity index is 396. The van der Waals surface area contributed by atoms with Crippen molar-refractivity contribution < 1.29 is 4.79 Å². The molecular formula is C15H22N2O. The van der Waals surface area contributed by atoms with E-state index >= 15 is 0 Å². The number of carbonyl (C=O) groups is 1. The molecule has 0 spiro atoms. The third-order valence-electron chi connectivity index (χ3n) is 3.68. The second kappa shape index (κ2) is 5.53. The van der Waals surface area contributed by atoms with Crippen LogP contribution in [0.4, 0.5) is 0 Å². The van der Waals surface area contributed by atoms with E-state index in [2.05, 4.69) is 29.7 Å². The van der Waals surface area contributed by atoms with Gasteiger partial charge in [0.05, 0.1) is 5.41 Å². The molecule has 1 aromatic carbocycles. The van der Waals surface area contributed by atoms with Crippen molar-refractivity contribution in [1.29, 1.82) is 0 Å². The van der Waals surface area contributed by atoms with Crippen LogP contribution >= 0.6 is 0 Å². The minimum atomic E-state index is -0.231. The third-order valence-corrected chi connectivity index (χ3v) is 3.68. The van der Waals surface area contributed by atoms with E-state index in [4.69, 9.17) is 0 Å². The van der Waals surface area contributed by atoms with Gasteiger partial charge in [-0.15, -0.1) is 0 Å². The summed E-state index contributed by atoms with van der Waals surface area (Å²) in [5.41, 5.74) is 1.03. The van der Waals surface area contributed by atoms with Crippen LogP contribution in [-0.2, 0) is 11.2 Å². The second-order valence-electron chi connectivity index (χ2n) is 5.55. The maximum Gasteiger partial charge on any atom is 0.227 e. The zero-order chi connectivity index (χ0) is 13.0. The summed E-state index contributed by atoms with van der Waals surface area (Å²) >= 11 is 0. The molecule has 0 radical (unpaired) electrons. The molecule has 0 bridgehead atoms. The lowest BCUT2D eigenvalue weighted by atomic mass is 9.88. The van der Waals surface area contributed by atoms with Crippen molar-refractivity contribution in [3.8, 4) is 0 Å². The number of nitrogens with one attached hydrogen (secondary N) is 2. The fourth-order valence-corrected chi connectivity index (χ4v) is 2.43. The van der Waals surface area contributed by atoms with Crippen LogP contribution in [0.15, 0.2) is 30.3 Å². The Kier molecular flexibility index (Phi) is 4.02. The van der Waals surface area contributed by atoms with E-state index < -0.39 is 0 Å². The summed E-state index contributed by atoms with van der Waals surface area (Å²) in [5.74, 6) is 0.177. The molecule has 3 heteroatoms. The van der Waals surface area contributed by atoms with Crippen LogP contribution in [0.25, 0.3) is 0 Å². The molecule has 1 amide bonds. The zero-order valence-corrected chi connectivity index (χ0v) is 11.2. The number of benzene rings is 1. The zero-order valence-electron chi connectivity index (χ0n) is 11.2. The largest absolute Gasteiger partial charge is 0.353 e. The Morgan fingerprint density at radius 2 is 2.17 bits per heavy atom. The molecule has 2 atom stereocenters. The van der Waals surface area contributed by atoms with Crippen molar-refractivity contribution in [1.82, 2.24) is 10.6 Å². The van der Waals surface area contributed by atoms with Gasteiger partial charge in [0, 0.05) is 12.6 Å². The molecule has 1 heterocycles.